The highest BCUT2D eigenvalue weighted by Crippen LogP contribution is 2.23. The van der Waals surface area contributed by atoms with Crippen LogP contribution in [0.15, 0.2) is 29.2 Å². The van der Waals surface area contributed by atoms with E-state index in [4.69, 9.17) is 9.47 Å². The van der Waals surface area contributed by atoms with Gasteiger partial charge in [0.15, 0.2) is 6.61 Å². The summed E-state index contributed by atoms with van der Waals surface area (Å²) in [5.74, 6) is -0.555. The molecule has 1 saturated carbocycles. The maximum Gasteiger partial charge on any atom is 0.338 e. The number of hydrogen-bond donors (Lipinski definition) is 1. The number of sulfonamides is 1. The third kappa shape index (κ3) is 5.55. The Bertz CT molecular complexity index is 818. The van der Waals surface area contributed by atoms with Gasteiger partial charge in [0.05, 0.1) is 23.7 Å². The summed E-state index contributed by atoms with van der Waals surface area (Å²) in [6, 6.07) is 5.68. The monoisotopic (exact) mass is 424 g/mol. The fourth-order valence-electron chi connectivity index (χ4n) is 3.69. The number of carbonyl (C=O) groups excluding carboxylic acids is 2. The van der Waals surface area contributed by atoms with Gasteiger partial charge in [-0.25, -0.2) is 13.2 Å². The van der Waals surface area contributed by atoms with E-state index in [0.717, 1.165) is 19.3 Å². The third-order valence-electron chi connectivity index (χ3n) is 5.49. The molecule has 2 aliphatic rings. The fourth-order valence-corrected chi connectivity index (χ4v) is 5.10. The molecule has 3 rings (SSSR count). The molecular weight excluding hydrogens is 396 g/mol. The molecule has 1 saturated heterocycles. The van der Waals surface area contributed by atoms with E-state index >= 15 is 0 Å². The van der Waals surface area contributed by atoms with Gasteiger partial charge in [-0.3, -0.25) is 4.79 Å². The molecule has 0 bridgehead atoms. The second kappa shape index (κ2) is 9.69. The van der Waals surface area contributed by atoms with Gasteiger partial charge in [-0.1, -0.05) is 19.8 Å². The van der Waals surface area contributed by atoms with Crippen molar-refractivity contribution in [1.82, 2.24) is 9.62 Å². The van der Waals surface area contributed by atoms with E-state index in [0.29, 0.717) is 32.2 Å². The summed E-state index contributed by atoms with van der Waals surface area (Å²) in [6.45, 7) is 3.11. The van der Waals surface area contributed by atoms with E-state index in [-0.39, 0.29) is 29.0 Å². The van der Waals surface area contributed by atoms with Crippen molar-refractivity contribution in [3.05, 3.63) is 29.8 Å². The summed E-state index contributed by atoms with van der Waals surface area (Å²) < 4.78 is 36.8. The maximum atomic E-state index is 12.6. The summed E-state index contributed by atoms with van der Waals surface area (Å²) in [7, 11) is -3.61. The Labute approximate surface area is 171 Å². The standard InChI is InChI=1S/C20H28N2O6S/c1-15-4-2-3-5-18(15)21-19(23)14-28-20(24)16-6-8-17(9-7-16)29(25,26)22-10-12-27-13-11-22/h6-9,15,18H,2-5,10-14H2,1H3,(H,21,23)/t15-,18+/m0/s1. The number of morpholine rings is 1. The summed E-state index contributed by atoms with van der Waals surface area (Å²) in [4.78, 5) is 24.4. The number of nitrogens with one attached hydrogen (secondary N) is 1. The van der Waals surface area contributed by atoms with Crippen molar-refractivity contribution in [1.29, 1.82) is 0 Å². The van der Waals surface area contributed by atoms with Gasteiger partial charge in [0, 0.05) is 19.1 Å². The van der Waals surface area contributed by atoms with Crippen LogP contribution in [0.1, 0.15) is 43.0 Å². The van der Waals surface area contributed by atoms with Crippen molar-refractivity contribution in [3.63, 3.8) is 0 Å². The maximum absolute atomic E-state index is 12.6. The first-order valence-corrected chi connectivity index (χ1v) is 11.5. The molecule has 0 spiro atoms. The molecule has 29 heavy (non-hydrogen) atoms. The van der Waals surface area contributed by atoms with E-state index in [2.05, 4.69) is 12.2 Å². The lowest BCUT2D eigenvalue weighted by molar-refractivity contribution is -0.125. The van der Waals surface area contributed by atoms with Crippen LogP contribution in [0.25, 0.3) is 0 Å². The molecule has 8 nitrogen and oxygen atoms in total. The van der Waals surface area contributed by atoms with E-state index in [9.17, 15) is 18.0 Å². The zero-order valence-corrected chi connectivity index (χ0v) is 17.4. The highest BCUT2D eigenvalue weighted by atomic mass is 32.2. The fraction of sp³-hybridized carbons (Fsp3) is 0.600. The lowest BCUT2D eigenvalue weighted by atomic mass is 9.86. The van der Waals surface area contributed by atoms with Gasteiger partial charge in [0.25, 0.3) is 5.91 Å². The number of hydrogen-bond acceptors (Lipinski definition) is 6. The van der Waals surface area contributed by atoms with Gasteiger partial charge in [-0.05, 0) is 43.0 Å². The minimum Gasteiger partial charge on any atom is -0.452 e. The molecule has 160 valence electrons. The van der Waals surface area contributed by atoms with Crippen molar-refractivity contribution in [2.75, 3.05) is 32.9 Å². The summed E-state index contributed by atoms with van der Waals surface area (Å²) in [5.41, 5.74) is 0.199. The Kier molecular flexibility index (Phi) is 7.26. The number of rotatable bonds is 6. The van der Waals surface area contributed by atoms with Crippen LogP contribution in [0.2, 0.25) is 0 Å². The van der Waals surface area contributed by atoms with Crippen molar-refractivity contribution >= 4 is 21.9 Å². The van der Waals surface area contributed by atoms with E-state index in [1.54, 1.807) is 0 Å². The van der Waals surface area contributed by atoms with Crippen LogP contribution in [0.5, 0.6) is 0 Å². The van der Waals surface area contributed by atoms with E-state index in [1.807, 2.05) is 0 Å². The van der Waals surface area contributed by atoms with Crippen LogP contribution in [0.3, 0.4) is 0 Å². The van der Waals surface area contributed by atoms with Crippen molar-refractivity contribution in [3.8, 4) is 0 Å². The largest absolute Gasteiger partial charge is 0.452 e. The molecule has 1 aromatic rings. The Hall–Kier alpha value is -1.97. The van der Waals surface area contributed by atoms with Crippen LogP contribution in [-0.4, -0.2) is 63.6 Å². The van der Waals surface area contributed by atoms with Gasteiger partial charge in [0.1, 0.15) is 0 Å². The molecule has 1 N–H and O–H groups in total. The predicted molar refractivity (Wildman–Crippen MR) is 106 cm³/mol. The highest BCUT2D eigenvalue weighted by molar-refractivity contribution is 7.89. The van der Waals surface area contributed by atoms with Gasteiger partial charge in [-0.2, -0.15) is 4.31 Å². The minimum absolute atomic E-state index is 0.111. The quantitative estimate of drug-likeness (QED) is 0.696. The van der Waals surface area contributed by atoms with E-state index in [1.165, 1.54) is 35.0 Å². The average Bonchev–Trinajstić information content (AvgIpc) is 2.74. The van der Waals surface area contributed by atoms with Crippen LogP contribution >= 0.6 is 0 Å². The van der Waals surface area contributed by atoms with Crippen LogP contribution in [0.4, 0.5) is 0 Å². The molecule has 9 heteroatoms. The summed E-state index contributed by atoms with van der Waals surface area (Å²) >= 11 is 0. The summed E-state index contributed by atoms with van der Waals surface area (Å²) in [5, 5.41) is 2.93. The Balaban J connectivity index is 1.52. The first-order valence-electron chi connectivity index (χ1n) is 10.0. The summed E-state index contributed by atoms with van der Waals surface area (Å²) in [6.07, 6.45) is 4.30. The average molecular weight is 425 g/mol. The number of esters is 1. The normalized spacial score (nSPS) is 23.3. The van der Waals surface area contributed by atoms with Gasteiger partial charge < -0.3 is 14.8 Å². The van der Waals surface area contributed by atoms with Crippen LogP contribution in [-0.2, 0) is 24.3 Å². The van der Waals surface area contributed by atoms with Crippen LogP contribution < -0.4 is 5.32 Å². The molecule has 2 atom stereocenters. The van der Waals surface area contributed by atoms with Gasteiger partial charge in [0.2, 0.25) is 10.0 Å². The lowest BCUT2D eigenvalue weighted by Gasteiger charge is -2.29. The molecular formula is C20H28N2O6S. The lowest BCUT2D eigenvalue weighted by Crippen LogP contribution is -2.42. The molecule has 0 aromatic heterocycles. The van der Waals surface area contributed by atoms with Crippen molar-refractivity contribution in [2.45, 2.75) is 43.5 Å². The first kappa shape index (κ1) is 21.7. The second-order valence-electron chi connectivity index (χ2n) is 7.55. The van der Waals surface area contributed by atoms with Gasteiger partial charge in [-0.15, -0.1) is 0 Å². The molecule has 0 radical (unpaired) electrons. The Morgan fingerprint density at radius 2 is 1.79 bits per heavy atom. The number of ether oxygens (including phenoxy) is 2. The van der Waals surface area contributed by atoms with Gasteiger partial charge >= 0.3 is 5.97 Å². The zero-order chi connectivity index (χ0) is 20.9. The molecule has 0 unspecified atom stereocenters. The molecule has 2 fully saturated rings. The molecule has 1 amide bonds. The number of carbonyl (C=O) groups is 2. The smallest absolute Gasteiger partial charge is 0.338 e. The SMILES string of the molecule is C[C@H]1CCCC[C@H]1NC(=O)COC(=O)c1ccc(S(=O)(=O)N2CCOCC2)cc1. The third-order valence-corrected chi connectivity index (χ3v) is 7.40. The molecule has 1 heterocycles. The first-order chi connectivity index (χ1) is 13.9. The molecule has 1 aromatic carbocycles. The number of nitrogens with zero attached hydrogens (tertiary/aromatic N) is 1. The molecule has 1 aliphatic carbocycles. The van der Waals surface area contributed by atoms with Crippen LogP contribution in [0, 0.1) is 5.92 Å². The number of amides is 1. The van der Waals surface area contributed by atoms with Crippen molar-refractivity contribution in [2.24, 2.45) is 5.92 Å². The van der Waals surface area contributed by atoms with Crippen molar-refractivity contribution < 1.29 is 27.5 Å². The van der Waals surface area contributed by atoms with E-state index < -0.39 is 16.0 Å². The number of benzene rings is 1. The zero-order valence-electron chi connectivity index (χ0n) is 16.6. The minimum atomic E-state index is -3.61. The Morgan fingerprint density at radius 1 is 1.14 bits per heavy atom. The Morgan fingerprint density at radius 3 is 2.45 bits per heavy atom. The molecule has 1 aliphatic heterocycles. The second-order valence-corrected chi connectivity index (χ2v) is 9.49. The highest BCUT2D eigenvalue weighted by Gasteiger charge is 2.27. The predicted octanol–water partition coefficient (Wildman–Crippen LogP) is 1.56. The topological polar surface area (TPSA) is 102 Å².